The van der Waals surface area contributed by atoms with E-state index < -0.39 is 4.71 Å². The second-order valence-corrected chi connectivity index (χ2v) is 3.83. The third-order valence-corrected chi connectivity index (χ3v) is 1.99. The fourth-order valence-corrected chi connectivity index (χ4v) is 1.46. The molecule has 1 aliphatic rings. The van der Waals surface area contributed by atoms with Gasteiger partial charge in [0.2, 0.25) is 0 Å². The zero-order valence-corrected chi connectivity index (χ0v) is 7.95. The second-order valence-electron chi connectivity index (χ2n) is 2.23. The van der Waals surface area contributed by atoms with Gasteiger partial charge in [0, 0.05) is 0 Å². The quantitative estimate of drug-likeness (QED) is 0.631. The number of ether oxygens (including phenoxy) is 2. The number of hydrogen-bond donors (Lipinski definition) is 0. The van der Waals surface area contributed by atoms with Crippen molar-refractivity contribution < 1.29 is 9.47 Å². The first-order valence-electron chi connectivity index (χ1n) is 3.13. The SMILES string of the molecule is Clc1cccc2c1OC(Cl)(Cl)O2. The summed E-state index contributed by atoms with van der Waals surface area (Å²) in [6.45, 7) is 0. The first kappa shape index (κ1) is 8.30. The van der Waals surface area contributed by atoms with Crippen LogP contribution in [-0.4, -0.2) is 4.71 Å². The summed E-state index contributed by atoms with van der Waals surface area (Å²) in [5.74, 6) is 0.830. The van der Waals surface area contributed by atoms with E-state index in [2.05, 4.69) is 0 Å². The first-order valence-corrected chi connectivity index (χ1v) is 4.26. The number of rotatable bonds is 0. The van der Waals surface area contributed by atoms with Crippen molar-refractivity contribution in [1.29, 1.82) is 0 Å². The Morgan fingerprint density at radius 2 is 1.92 bits per heavy atom. The molecule has 0 saturated heterocycles. The molecule has 0 atom stereocenters. The summed E-state index contributed by atoms with van der Waals surface area (Å²) in [6, 6.07) is 5.06. The van der Waals surface area contributed by atoms with Crippen LogP contribution >= 0.6 is 34.8 Å². The average Bonchev–Trinajstić information content (AvgIpc) is 2.25. The third-order valence-electron chi connectivity index (χ3n) is 1.38. The minimum Gasteiger partial charge on any atom is -0.423 e. The van der Waals surface area contributed by atoms with Gasteiger partial charge < -0.3 is 9.47 Å². The van der Waals surface area contributed by atoms with Crippen LogP contribution in [0.15, 0.2) is 18.2 Å². The monoisotopic (exact) mass is 224 g/mol. The second kappa shape index (κ2) is 2.59. The molecule has 1 aliphatic heterocycles. The number of hydrogen-bond acceptors (Lipinski definition) is 2. The Balaban J connectivity index is 2.48. The minimum absolute atomic E-state index is 0.379. The summed E-state index contributed by atoms with van der Waals surface area (Å²) < 4.78 is 8.36. The van der Waals surface area contributed by atoms with Crippen LogP contribution in [0.25, 0.3) is 0 Å². The lowest BCUT2D eigenvalue weighted by molar-refractivity contribution is 0.0849. The van der Waals surface area contributed by atoms with Crippen LogP contribution in [0, 0.1) is 0 Å². The van der Waals surface area contributed by atoms with Crippen molar-refractivity contribution >= 4 is 34.8 Å². The van der Waals surface area contributed by atoms with Crippen molar-refractivity contribution in [2.45, 2.75) is 4.71 Å². The molecule has 0 N–H and O–H groups in total. The van der Waals surface area contributed by atoms with Gasteiger partial charge in [-0.15, -0.1) is 0 Å². The van der Waals surface area contributed by atoms with Crippen molar-refractivity contribution in [2.75, 3.05) is 0 Å². The maximum absolute atomic E-state index is 5.77. The Morgan fingerprint density at radius 3 is 2.58 bits per heavy atom. The minimum atomic E-state index is -1.65. The lowest BCUT2D eigenvalue weighted by Crippen LogP contribution is -2.22. The van der Waals surface area contributed by atoms with Crippen LogP contribution in [-0.2, 0) is 0 Å². The molecule has 0 amide bonds. The van der Waals surface area contributed by atoms with Gasteiger partial charge >= 0.3 is 4.71 Å². The van der Waals surface area contributed by atoms with E-state index in [9.17, 15) is 0 Å². The van der Waals surface area contributed by atoms with E-state index in [0.29, 0.717) is 16.5 Å². The molecule has 0 unspecified atom stereocenters. The molecule has 1 aromatic rings. The number of alkyl halides is 2. The summed E-state index contributed by atoms with van der Waals surface area (Å²) in [5, 5.41) is 0.427. The number of benzene rings is 1. The number of fused-ring (bicyclic) bond motifs is 1. The summed E-state index contributed by atoms with van der Waals surface area (Å²) >= 11 is 16.9. The van der Waals surface area contributed by atoms with Crippen LogP contribution in [0.1, 0.15) is 0 Å². The third kappa shape index (κ3) is 1.30. The lowest BCUT2D eigenvalue weighted by Gasteiger charge is -2.09. The Bertz CT molecular complexity index is 324. The van der Waals surface area contributed by atoms with E-state index >= 15 is 0 Å². The smallest absolute Gasteiger partial charge is 0.419 e. The normalized spacial score (nSPS) is 17.9. The van der Waals surface area contributed by atoms with Crippen LogP contribution in [0.3, 0.4) is 0 Å². The van der Waals surface area contributed by atoms with Crippen molar-refractivity contribution in [3.63, 3.8) is 0 Å². The van der Waals surface area contributed by atoms with E-state index in [0.717, 1.165) is 0 Å². The van der Waals surface area contributed by atoms with E-state index in [4.69, 9.17) is 44.3 Å². The first-order chi connectivity index (χ1) is 5.58. The van der Waals surface area contributed by atoms with Gasteiger partial charge in [-0.2, -0.15) is 0 Å². The predicted octanol–water partition coefficient (Wildman–Crippen LogP) is 3.20. The van der Waals surface area contributed by atoms with E-state index in [1.807, 2.05) is 0 Å². The number of para-hydroxylation sites is 1. The van der Waals surface area contributed by atoms with Gasteiger partial charge in [-0.05, 0) is 35.3 Å². The Kier molecular flexibility index (Phi) is 1.79. The van der Waals surface area contributed by atoms with Crippen LogP contribution in [0.2, 0.25) is 5.02 Å². The Labute approximate surface area is 83.9 Å². The molecule has 1 aromatic carbocycles. The molecule has 0 spiro atoms. The topological polar surface area (TPSA) is 18.5 Å². The highest BCUT2D eigenvalue weighted by Gasteiger charge is 2.38. The summed E-state index contributed by atoms with van der Waals surface area (Å²) in [5.41, 5.74) is 0. The molecule has 0 saturated carbocycles. The molecule has 0 radical (unpaired) electrons. The molecule has 2 nitrogen and oxygen atoms in total. The highest BCUT2D eigenvalue weighted by atomic mass is 35.5. The van der Waals surface area contributed by atoms with E-state index in [1.54, 1.807) is 18.2 Å². The molecular formula is C7H3Cl3O2. The highest BCUT2D eigenvalue weighted by Crippen LogP contribution is 2.46. The van der Waals surface area contributed by atoms with Gasteiger partial charge in [0.25, 0.3) is 0 Å². The fourth-order valence-electron chi connectivity index (χ4n) is 0.936. The Hall–Kier alpha value is -0.310. The maximum Gasteiger partial charge on any atom is 0.419 e. The summed E-state index contributed by atoms with van der Waals surface area (Å²) in [7, 11) is 0. The fraction of sp³-hybridized carbons (Fsp3) is 0.143. The predicted molar refractivity (Wildman–Crippen MR) is 47.1 cm³/mol. The molecule has 64 valence electrons. The van der Waals surface area contributed by atoms with Crippen LogP contribution in [0.5, 0.6) is 11.5 Å². The van der Waals surface area contributed by atoms with E-state index in [-0.39, 0.29) is 0 Å². The zero-order valence-electron chi connectivity index (χ0n) is 5.68. The van der Waals surface area contributed by atoms with Gasteiger partial charge in [-0.1, -0.05) is 17.7 Å². The summed E-state index contributed by atoms with van der Waals surface area (Å²) in [4.78, 5) is 0. The van der Waals surface area contributed by atoms with Gasteiger partial charge in [0.05, 0.1) is 5.02 Å². The van der Waals surface area contributed by atoms with Crippen molar-refractivity contribution in [1.82, 2.24) is 0 Å². The highest BCUT2D eigenvalue weighted by molar-refractivity contribution is 6.46. The largest absolute Gasteiger partial charge is 0.423 e. The number of halogens is 3. The molecule has 0 bridgehead atoms. The van der Waals surface area contributed by atoms with Gasteiger partial charge in [0.15, 0.2) is 11.5 Å². The molecule has 0 fully saturated rings. The molecular weight excluding hydrogens is 222 g/mol. The van der Waals surface area contributed by atoms with E-state index in [1.165, 1.54) is 0 Å². The van der Waals surface area contributed by atoms with Gasteiger partial charge in [-0.25, -0.2) is 0 Å². The van der Waals surface area contributed by atoms with Crippen molar-refractivity contribution in [3.8, 4) is 11.5 Å². The molecule has 12 heavy (non-hydrogen) atoms. The van der Waals surface area contributed by atoms with Gasteiger partial charge in [-0.3, -0.25) is 0 Å². The lowest BCUT2D eigenvalue weighted by atomic mass is 10.3. The van der Waals surface area contributed by atoms with Crippen LogP contribution < -0.4 is 9.47 Å². The van der Waals surface area contributed by atoms with Crippen molar-refractivity contribution in [3.05, 3.63) is 23.2 Å². The maximum atomic E-state index is 5.77. The van der Waals surface area contributed by atoms with Gasteiger partial charge in [0.1, 0.15) is 0 Å². The molecule has 1 heterocycles. The molecule has 2 rings (SSSR count). The summed E-state index contributed by atoms with van der Waals surface area (Å²) in [6.07, 6.45) is 0. The standard InChI is InChI=1S/C7H3Cl3O2/c8-4-2-1-3-5-6(4)12-7(9,10)11-5/h1-3H. The Morgan fingerprint density at radius 1 is 1.17 bits per heavy atom. The molecule has 5 heteroatoms. The average molecular weight is 225 g/mol. The zero-order chi connectivity index (χ0) is 8.77. The van der Waals surface area contributed by atoms with Crippen molar-refractivity contribution in [2.24, 2.45) is 0 Å². The van der Waals surface area contributed by atoms with Crippen LogP contribution in [0.4, 0.5) is 0 Å². The molecule has 0 aromatic heterocycles. The molecule has 0 aliphatic carbocycles.